The summed E-state index contributed by atoms with van der Waals surface area (Å²) in [5.74, 6) is -1.01. The van der Waals surface area contributed by atoms with E-state index in [1.807, 2.05) is 24.3 Å². The van der Waals surface area contributed by atoms with Crippen LogP contribution in [0.25, 0.3) is 0 Å². The van der Waals surface area contributed by atoms with E-state index in [4.69, 9.17) is 4.74 Å². The number of fused-ring (bicyclic) bond motifs is 1. The normalized spacial score (nSPS) is 17.1. The fourth-order valence-electron chi connectivity index (χ4n) is 4.10. The van der Waals surface area contributed by atoms with Gasteiger partial charge in [0.05, 0.1) is 10.5 Å². The molecule has 0 radical (unpaired) electrons. The number of carbonyl (C=O) groups is 2. The Balaban J connectivity index is 1.42. The molecule has 0 saturated carbocycles. The number of amides is 1. The Morgan fingerprint density at radius 2 is 1.65 bits per heavy atom. The van der Waals surface area contributed by atoms with Crippen molar-refractivity contribution in [2.45, 2.75) is 37.0 Å². The van der Waals surface area contributed by atoms with Crippen molar-refractivity contribution in [1.82, 2.24) is 4.31 Å². The summed E-state index contributed by atoms with van der Waals surface area (Å²) in [6.07, 6.45) is 4.49. The predicted octanol–water partition coefficient (Wildman–Crippen LogP) is 3.00. The lowest BCUT2D eigenvalue weighted by Gasteiger charge is -2.20. The van der Waals surface area contributed by atoms with E-state index in [1.54, 1.807) is 4.90 Å². The average molecular weight is 443 g/mol. The summed E-state index contributed by atoms with van der Waals surface area (Å²) in [6, 6.07) is 13.5. The van der Waals surface area contributed by atoms with Crippen molar-refractivity contribution in [3.63, 3.8) is 0 Å². The number of anilines is 1. The first kappa shape index (κ1) is 21.5. The van der Waals surface area contributed by atoms with Crippen molar-refractivity contribution in [3.8, 4) is 0 Å². The third-order valence-electron chi connectivity index (χ3n) is 5.79. The van der Waals surface area contributed by atoms with E-state index in [9.17, 15) is 18.0 Å². The zero-order valence-corrected chi connectivity index (χ0v) is 18.1. The van der Waals surface area contributed by atoms with Crippen molar-refractivity contribution >= 4 is 27.6 Å². The Kier molecular flexibility index (Phi) is 6.38. The molecular formula is C23H26N2O5S. The fourth-order valence-corrected chi connectivity index (χ4v) is 5.66. The zero-order valence-electron chi connectivity index (χ0n) is 17.3. The van der Waals surface area contributed by atoms with E-state index in [2.05, 4.69) is 0 Å². The summed E-state index contributed by atoms with van der Waals surface area (Å²) in [7, 11) is -3.67. The van der Waals surface area contributed by atoms with Crippen LogP contribution < -0.4 is 4.90 Å². The number of ether oxygens (including phenoxy) is 1. The lowest BCUT2D eigenvalue weighted by atomic mass is 10.2. The second-order valence-corrected chi connectivity index (χ2v) is 9.78. The summed E-state index contributed by atoms with van der Waals surface area (Å²) in [4.78, 5) is 26.8. The molecule has 8 heteroatoms. The lowest BCUT2D eigenvalue weighted by Crippen LogP contribution is -2.33. The Morgan fingerprint density at radius 1 is 0.903 bits per heavy atom. The van der Waals surface area contributed by atoms with Gasteiger partial charge in [0.2, 0.25) is 10.0 Å². The van der Waals surface area contributed by atoms with Crippen LogP contribution in [0.1, 0.15) is 41.6 Å². The highest BCUT2D eigenvalue weighted by atomic mass is 32.2. The highest BCUT2D eigenvalue weighted by molar-refractivity contribution is 7.89. The van der Waals surface area contributed by atoms with Crippen LogP contribution in [0.15, 0.2) is 53.4 Å². The van der Waals surface area contributed by atoms with Gasteiger partial charge in [0.25, 0.3) is 5.91 Å². The van der Waals surface area contributed by atoms with Gasteiger partial charge in [0, 0.05) is 25.3 Å². The molecule has 31 heavy (non-hydrogen) atoms. The average Bonchev–Trinajstić information content (AvgIpc) is 3.02. The number of para-hydroxylation sites is 1. The first-order chi connectivity index (χ1) is 15.0. The maximum absolute atomic E-state index is 13.0. The third-order valence-corrected chi connectivity index (χ3v) is 7.68. The van der Waals surface area contributed by atoms with Gasteiger partial charge in [-0.05, 0) is 49.1 Å². The van der Waals surface area contributed by atoms with Crippen LogP contribution in [0.2, 0.25) is 0 Å². The van der Waals surface area contributed by atoms with Gasteiger partial charge in [-0.3, -0.25) is 4.79 Å². The molecule has 2 aromatic carbocycles. The molecule has 0 aromatic heterocycles. The van der Waals surface area contributed by atoms with Crippen molar-refractivity contribution in [2.75, 3.05) is 31.1 Å². The number of carbonyl (C=O) groups excluding carboxylic acids is 2. The molecule has 0 N–H and O–H groups in total. The molecule has 0 atom stereocenters. The van der Waals surface area contributed by atoms with Crippen LogP contribution in [0.3, 0.4) is 0 Å². The Labute approximate surface area is 182 Å². The number of nitrogens with zero attached hydrogens (tertiary/aromatic N) is 2. The van der Waals surface area contributed by atoms with Crippen LogP contribution in [0, 0.1) is 0 Å². The van der Waals surface area contributed by atoms with Gasteiger partial charge >= 0.3 is 5.97 Å². The standard InChI is InChI=1S/C23H26N2O5S/c26-22(25-15-12-18-8-3-4-11-21(18)25)17-30-23(27)19-9-7-10-20(16-19)31(28,29)24-13-5-1-2-6-14-24/h3-4,7-11,16H,1-2,5-6,12-15,17H2. The molecule has 2 heterocycles. The summed E-state index contributed by atoms with van der Waals surface area (Å²) in [6.45, 7) is 1.14. The number of hydrogen-bond acceptors (Lipinski definition) is 5. The molecule has 2 aromatic rings. The number of benzene rings is 2. The van der Waals surface area contributed by atoms with Crippen molar-refractivity contribution < 1.29 is 22.7 Å². The lowest BCUT2D eigenvalue weighted by molar-refractivity contribution is -0.121. The molecular weight excluding hydrogens is 416 g/mol. The van der Waals surface area contributed by atoms with Crippen LogP contribution in [-0.4, -0.2) is 50.8 Å². The molecule has 0 aliphatic carbocycles. The number of rotatable bonds is 5. The number of esters is 1. The predicted molar refractivity (Wildman–Crippen MR) is 116 cm³/mol. The fraction of sp³-hybridized carbons (Fsp3) is 0.391. The second-order valence-electron chi connectivity index (χ2n) is 7.85. The van der Waals surface area contributed by atoms with Crippen LogP contribution >= 0.6 is 0 Å². The molecule has 0 bridgehead atoms. The van der Waals surface area contributed by atoms with Gasteiger partial charge in [-0.2, -0.15) is 4.31 Å². The van der Waals surface area contributed by atoms with E-state index < -0.39 is 22.6 Å². The van der Waals surface area contributed by atoms with Crippen molar-refractivity contribution in [3.05, 3.63) is 59.7 Å². The van der Waals surface area contributed by atoms with E-state index in [0.29, 0.717) is 19.6 Å². The number of sulfonamides is 1. The largest absolute Gasteiger partial charge is 0.452 e. The van der Waals surface area contributed by atoms with Crippen molar-refractivity contribution in [2.24, 2.45) is 0 Å². The zero-order chi connectivity index (χ0) is 21.8. The molecule has 164 valence electrons. The smallest absolute Gasteiger partial charge is 0.338 e. The van der Waals surface area contributed by atoms with Gasteiger partial charge in [0.1, 0.15) is 0 Å². The monoisotopic (exact) mass is 442 g/mol. The number of hydrogen-bond donors (Lipinski definition) is 0. The van der Waals surface area contributed by atoms with Crippen LogP contribution in [0.4, 0.5) is 5.69 Å². The van der Waals surface area contributed by atoms with Gasteiger partial charge in [-0.25, -0.2) is 13.2 Å². The van der Waals surface area contributed by atoms with E-state index in [-0.39, 0.29) is 16.4 Å². The molecule has 1 amide bonds. The Bertz CT molecular complexity index is 1070. The van der Waals surface area contributed by atoms with Crippen LogP contribution in [0.5, 0.6) is 0 Å². The second kappa shape index (κ2) is 9.20. The Hall–Kier alpha value is -2.71. The maximum atomic E-state index is 13.0. The molecule has 0 unspecified atom stereocenters. The quantitative estimate of drug-likeness (QED) is 0.665. The minimum absolute atomic E-state index is 0.0728. The SMILES string of the molecule is O=C(OCC(=O)N1CCc2ccccc21)c1cccc(S(=O)(=O)N2CCCCCC2)c1. The van der Waals surface area contributed by atoms with Crippen LogP contribution in [-0.2, 0) is 26.0 Å². The Morgan fingerprint density at radius 3 is 2.42 bits per heavy atom. The van der Waals surface area contributed by atoms with Gasteiger partial charge in [-0.1, -0.05) is 37.1 Å². The molecule has 4 rings (SSSR count). The first-order valence-electron chi connectivity index (χ1n) is 10.6. The third kappa shape index (κ3) is 4.65. The van der Waals surface area contributed by atoms with E-state index in [1.165, 1.54) is 28.6 Å². The van der Waals surface area contributed by atoms with Gasteiger partial charge in [-0.15, -0.1) is 0 Å². The highest BCUT2D eigenvalue weighted by Gasteiger charge is 2.27. The van der Waals surface area contributed by atoms with E-state index >= 15 is 0 Å². The van der Waals surface area contributed by atoms with Gasteiger partial charge in [0.15, 0.2) is 6.61 Å². The summed E-state index contributed by atoms with van der Waals surface area (Å²) >= 11 is 0. The molecule has 0 spiro atoms. The molecule has 1 saturated heterocycles. The summed E-state index contributed by atoms with van der Waals surface area (Å²) in [5, 5.41) is 0. The molecule has 2 aliphatic heterocycles. The summed E-state index contributed by atoms with van der Waals surface area (Å²) < 4.78 is 32.7. The molecule has 2 aliphatic rings. The first-order valence-corrected chi connectivity index (χ1v) is 12.1. The van der Waals surface area contributed by atoms with Crippen molar-refractivity contribution in [1.29, 1.82) is 0 Å². The molecule has 7 nitrogen and oxygen atoms in total. The van der Waals surface area contributed by atoms with E-state index in [0.717, 1.165) is 43.4 Å². The molecule has 1 fully saturated rings. The minimum atomic E-state index is -3.67. The highest BCUT2D eigenvalue weighted by Crippen LogP contribution is 2.27. The summed E-state index contributed by atoms with van der Waals surface area (Å²) in [5.41, 5.74) is 2.05. The maximum Gasteiger partial charge on any atom is 0.338 e. The van der Waals surface area contributed by atoms with Gasteiger partial charge < -0.3 is 9.64 Å². The minimum Gasteiger partial charge on any atom is -0.452 e. The topological polar surface area (TPSA) is 84.0 Å².